The van der Waals surface area contributed by atoms with Gasteiger partial charge in [-0.2, -0.15) is 0 Å². The molecule has 1 aromatic heterocycles. The Kier molecular flexibility index (Phi) is 5.33. The maximum atomic E-state index is 12.3. The molecule has 19 heavy (non-hydrogen) atoms. The van der Waals surface area contributed by atoms with Gasteiger partial charge in [0, 0.05) is 24.0 Å². The standard InChI is InChI=1S/C15H25N3O/c1-6-8-16-13-9-11(3)17-10-12(13)14(19)18-15(4,5)7-2/h9-10H,6-8H2,1-5H3,(H,16,17)(H,18,19). The van der Waals surface area contributed by atoms with E-state index in [0.717, 1.165) is 30.8 Å². The third kappa shape index (κ3) is 4.54. The van der Waals surface area contributed by atoms with Crippen LogP contribution in [0.25, 0.3) is 0 Å². The minimum absolute atomic E-state index is 0.0713. The zero-order valence-corrected chi connectivity index (χ0v) is 12.6. The number of aryl methyl sites for hydroxylation is 1. The van der Waals surface area contributed by atoms with Crippen molar-refractivity contribution in [2.45, 2.75) is 53.0 Å². The first-order chi connectivity index (χ1) is 8.89. The minimum Gasteiger partial charge on any atom is -0.384 e. The molecule has 1 rings (SSSR count). The number of nitrogens with zero attached hydrogens (tertiary/aromatic N) is 1. The summed E-state index contributed by atoms with van der Waals surface area (Å²) in [6.45, 7) is 11.0. The highest BCUT2D eigenvalue weighted by Crippen LogP contribution is 2.17. The zero-order chi connectivity index (χ0) is 14.5. The summed E-state index contributed by atoms with van der Waals surface area (Å²) in [4.78, 5) is 16.5. The van der Waals surface area contributed by atoms with E-state index in [4.69, 9.17) is 0 Å². The van der Waals surface area contributed by atoms with Crippen LogP contribution in [0.4, 0.5) is 5.69 Å². The second kappa shape index (κ2) is 6.55. The highest BCUT2D eigenvalue weighted by molar-refractivity contribution is 5.99. The summed E-state index contributed by atoms with van der Waals surface area (Å²) < 4.78 is 0. The topological polar surface area (TPSA) is 54.0 Å². The molecule has 1 aromatic rings. The molecule has 1 amide bonds. The summed E-state index contributed by atoms with van der Waals surface area (Å²) in [5, 5.41) is 6.33. The van der Waals surface area contributed by atoms with Gasteiger partial charge >= 0.3 is 0 Å². The Morgan fingerprint density at radius 1 is 1.37 bits per heavy atom. The van der Waals surface area contributed by atoms with Crippen molar-refractivity contribution in [3.63, 3.8) is 0 Å². The third-order valence-electron chi connectivity index (χ3n) is 3.19. The lowest BCUT2D eigenvalue weighted by atomic mass is 10.0. The second-order valence-electron chi connectivity index (χ2n) is 5.49. The molecule has 0 aromatic carbocycles. The van der Waals surface area contributed by atoms with Gasteiger partial charge in [0.15, 0.2) is 0 Å². The van der Waals surface area contributed by atoms with Crippen LogP contribution in [0.1, 0.15) is 56.6 Å². The van der Waals surface area contributed by atoms with Crippen LogP contribution in [-0.2, 0) is 0 Å². The maximum absolute atomic E-state index is 12.3. The molecule has 2 N–H and O–H groups in total. The number of carbonyl (C=O) groups is 1. The number of rotatable bonds is 6. The number of carbonyl (C=O) groups excluding carboxylic acids is 1. The Balaban J connectivity index is 2.95. The minimum atomic E-state index is -0.204. The van der Waals surface area contributed by atoms with E-state index in [1.165, 1.54) is 0 Å². The summed E-state index contributed by atoms with van der Waals surface area (Å²) in [6, 6.07) is 1.92. The molecule has 0 bridgehead atoms. The molecule has 106 valence electrons. The Hall–Kier alpha value is -1.58. The van der Waals surface area contributed by atoms with E-state index in [9.17, 15) is 4.79 Å². The van der Waals surface area contributed by atoms with Crippen LogP contribution >= 0.6 is 0 Å². The van der Waals surface area contributed by atoms with E-state index in [1.807, 2.05) is 26.8 Å². The largest absolute Gasteiger partial charge is 0.384 e. The summed E-state index contributed by atoms with van der Waals surface area (Å²) in [5.41, 5.74) is 2.17. The number of hydrogen-bond donors (Lipinski definition) is 2. The van der Waals surface area contributed by atoms with Gasteiger partial charge in [0.05, 0.1) is 11.3 Å². The van der Waals surface area contributed by atoms with Gasteiger partial charge < -0.3 is 10.6 Å². The Morgan fingerprint density at radius 2 is 2.05 bits per heavy atom. The number of hydrogen-bond acceptors (Lipinski definition) is 3. The lowest BCUT2D eigenvalue weighted by Gasteiger charge is -2.25. The molecular formula is C15H25N3O. The lowest BCUT2D eigenvalue weighted by molar-refractivity contribution is 0.0911. The molecule has 0 radical (unpaired) electrons. The van der Waals surface area contributed by atoms with Gasteiger partial charge in [0.1, 0.15) is 0 Å². The highest BCUT2D eigenvalue weighted by Gasteiger charge is 2.21. The van der Waals surface area contributed by atoms with Gasteiger partial charge in [-0.3, -0.25) is 9.78 Å². The molecule has 0 unspecified atom stereocenters. The number of anilines is 1. The summed E-state index contributed by atoms with van der Waals surface area (Å²) in [7, 11) is 0. The van der Waals surface area contributed by atoms with Gasteiger partial charge in [-0.05, 0) is 39.7 Å². The SMILES string of the molecule is CCCNc1cc(C)ncc1C(=O)NC(C)(C)CC. The molecule has 0 aliphatic carbocycles. The van der Waals surface area contributed by atoms with Crippen LogP contribution < -0.4 is 10.6 Å². The molecule has 0 spiro atoms. The lowest BCUT2D eigenvalue weighted by Crippen LogP contribution is -2.43. The van der Waals surface area contributed by atoms with Crippen LogP contribution in [0.3, 0.4) is 0 Å². The fourth-order valence-corrected chi connectivity index (χ4v) is 1.61. The van der Waals surface area contributed by atoms with Crippen molar-refractivity contribution in [2.75, 3.05) is 11.9 Å². The number of amides is 1. The number of nitrogens with one attached hydrogen (secondary N) is 2. The van der Waals surface area contributed by atoms with Gasteiger partial charge in [0.25, 0.3) is 5.91 Å². The van der Waals surface area contributed by atoms with Crippen LogP contribution in [-0.4, -0.2) is 23.0 Å². The highest BCUT2D eigenvalue weighted by atomic mass is 16.1. The van der Waals surface area contributed by atoms with E-state index >= 15 is 0 Å². The van der Waals surface area contributed by atoms with Gasteiger partial charge in [0.2, 0.25) is 0 Å². The van der Waals surface area contributed by atoms with Crippen molar-refractivity contribution in [1.29, 1.82) is 0 Å². The Labute approximate surface area is 116 Å². The molecular weight excluding hydrogens is 238 g/mol. The number of pyridine rings is 1. The average Bonchev–Trinajstić information content (AvgIpc) is 2.35. The van der Waals surface area contributed by atoms with Crippen molar-refractivity contribution in [3.8, 4) is 0 Å². The van der Waals surface area contributed by atoms with Gasteiger partial charge in [-0.25, -0.2) is 0 Å². The molecule has 0 aliphatic heterocycles. The smallest absolute Gasteiger partial charge is 0.255 e. The summed E-state index contributed by atoms with van der Waals surface area (Å²) in [6.07, 6.45) is 3.55. The summed E-state index contributed by atoms with van der Waals surface area (Å²) >= 11 is 0. The Bertz CT molecular complexity index is 441. The van der Waals surface area contributed by atoms with Crippen molar-refractivity contribution >= 4 is 11.6 Å². The first-order valence-corrected chi connectivity index (χ1v) is 6.92. The molecule has 0 saturated heterocycles. The average molecular weight is 263 g/mol. The molecule has 1 heterocycles. The van der Waals surface area contributed by atoms with Gasteiger partial charge in [-0.15, -0.1) is 0 Å². The Morgan fingerprint density at radius 3 is 2.63 bits per heavy atom. The normalized spacial score (nSPS) is 11.2. The van der Waals surface area contributed by atoms with E-state index in [-0.39, 0.29) is 11.4 Å². The van der Waals surface area contributed by atoms with E-state index in [1.54, 1.807) is 6.20 Å². The fraction of sp³-hybridized carbons (Fsp3) is 0.600. The van der Waals surface area contributed by atoms with Gasteiger partial charge in [-0.1, -0.05) is 13.8 Å². The molecule has 4 nitrogen and oxygen atoms in total. The van der Waals surface area contributed by atoms with Crippen molar-refractivity contribution in [3.05, 3.63) is 23.5 Å². The van der Waals surface area contributed by atoms with Crippen LogP contribution in [0, 0.1) is 6.92 Å². The molecule has 0 atom stereocenters. The summed E-state index contributed by atoms with van der Waals surface area (Å²) in [5.74, 6) is -0.0713. The molecule has 0 saturated carbocycles. The predicted octanol–water partition coefficient (Wildman–Crippen LogP) is 3.13. The quantitative estimate of drug-likeness (QED) is 0.829. The van der Waals surface area contributed by atoms with Crippen LogP contribution in [0.5, 0.6) is 0 Å². The van der Waals surface area contributed by atoms with Crippen molar-refractivity contribution < 1.29 is 4.79 Å². The first kappa shape index (κ1) is 15.5. The zero-order valence-electron chi connectivity index (χ0n) is 12.6. The van der Waals surface area contributed by atoms with E-state index in [2.05, 4.69) is 29.5 Å². The maximum Gasteiger partial charge on any atom is 0.255 e. The molecule has 0 fully saturated rings. The first-order valence-electron chi connectivity index (χ1n) is 6.92. The van der Waals surface area contributed by atoms with Crippen molar-refractivity contribution in [2.24, 2.45) is 0 Å². The number of aromatic nitrogens is 1. The van der Waals surface area contributed by atoms with Crippen LogP contribution in [0.2, 0.25) is 0 Å². The fourth-order valence-electron chi connectivity index (χ4n) is 1.61. The molecule has 4 heteroatoms. The molecule has 0 aliphatic rings. The van der Waals surface area contributed by atoms with E-state index in [0.29, 0.717) is 5.56 Å². The predicted molar refractivity (Wildman–Crippen MR) is 79.6 cm³/mol. The second-order valence-corrected chi connectivity index (χ2v) is 5.49. The van der Waals surface area contributed by atoms with E-state index < -0.39 is 0 Å². The van der Waals surface area contributed by atoms with Crippen LogP contribution in [0.15, 0.2) is 12.3 Å². The monoisotopic (exact) mass is 263 g/mol. The van der Waals surface area contributed by atoms with Crippen molar-refractivity contribution in [1.82, 2.24) is 10.3 Å². The third-order valence-corrected chi connectivity index (χ3v) is 3.19.